The van der Waals surface area contributed by atoms with Crippen LogP contribution in [0.5, 0.6) is 0 Å². The summed E-state index contributed by atoms with van der Waals surface area (Å²) in [5, 5.41) is 91.8. The van der Waals surface area contributed by atoms with Crippen LogP contribution in [0.2, 0.25) is 0 Å². The number of hydrogen-bond acceptors (Lipinski definition) is 14. The number of benzene rings is 5. The lowest BCUT2D eigenvalue weighted by Crippen LogP contribution is -2.50. The predicted octanol–water partition coefficient (Wildman–Crippen LogP) is 4.88. The van der Waals surface area contributed by atoms with Gasteiger partial charge in [0.25, 0.3) is 0 Å². The van der Waals surface area contributed by atoms with Crippen LogP contribution in [0.4, 0.5) is 34.1 Å². The molecule has 22 nitrogen and oxygen atoms in total. The van der Waals surface area contributed by atoms with Gasteiger partial charge in [0, 0.05) is 67.3 Å². The fraction of sp³-hybridized carbons (Fsp3) is 0.174. The van der Waals surface area contributed by atoms with Crippen LogP contribution in [0.15, 0.2) is 97.1 Å². The van der Waals surface area contributed by atoms with E-state index in [4.69, 9.17) is 11.5 Å². The molecule has 5 aromatic carbocycles. The molecule has 5 aromatic rings. The summed E-state index contributed by atoms with van der Waals surface area (Å²) in [5.74, 6) is -14.8. The molecule has 5 rings (SSSR count). The highest BCUT2D eigenvalue weighted by atomic mass is 16.4. The SMILES string of the molecule is CC(Nc1ccccc1-c1c(N)c(N)c(-c2ccccc2NC(C)(C(=O)O)C(=O)O)c(-c2ccccc2NC(C)(C(=O)O)C(=O)O)c1-c1ccccc1NC(C)(C(=O)O)C(=O)O)(C(=O)O)C(=O)O. The molecule has 0 unspecified atom stereocenters. The molecule has 0 aliphatic carbocycles. The number of nitrogens with two attached hydrogens (primary N) is 2. The van der Waals surface area contributed by atoms with Crippen LogP contribution in [0.3, 0.4) is 0 Å². The Morgan fingerprint density at radius 3 is 0.662 bits per heavy atom. The lowest BCUT2D eigenvalue weighted by atomic mass is 9.79. The largest absolute Gasteiger partial charge is 0.479 e. The van der Waals surface area contributed by atoms with Crippen molar-refractivity contribution >= 4 is 81.9 Å². The van der Waals surface area contributed by atoms with Gasteiger partial charge in [0.2, 0.25) is 22.2 Å². The zero-order valence-electron chi connectivity index (χ0n) is 36.2. The van der Waals surface area contributed by atoms with E-state index in [1.54, 1.807) is 0 Å². The van der Waals surface area contributed by atoms with Crippen molar-refractivity contribution in [1.82, 2.24) is 0 Å². The van der Waals surface area contributed by atoms with E-state index in [0.717, 1.165) is 27.7 Å². The standard InChI is InChI=1S/C46H44N6O16/c1-43(35(53)54,36(55)56)49-25-17-9-5-13-21(25)29-30(22-14-6-10-18-26(22)50-44(2,37(57)58)38(59)60)32(24-16-8-12-20-28(24)52-46(4,41(65)66)42(67)68)34(48)33(47)31(29)23-15-7-11-19-27(23)51-45(3,39(61)62)40(63)64/h5-20,49-52H,47-48H2,1-4H3,(H,53,54)(H,55,56)(H,57,58)(H,59,60)(H,61,62)(H,63,64)(H,65,66)(H,67,68). The summed E-state index contributed by atoms with van der Waals surface area (Å²) in [4.78, 5) is 101. The zero-order valence-corrected chi connectivity index (χ0v) is 36.2. The van der Waals surface area contributed by atoms with Crippen molar-refractivity contribution in [3.63, 3.8) is 0 Å². The van der Waals surface area contributed by atoms with Crippen LogP contribution in [-0.4, -0.2) is 111 Å². The molecular formula is C46H44N6O16. The molecule has 354 valence electrons. The monoisotopic (exact) mass is 936 g/mol. The molecule has 0 radical (unpaired) electrons. The molecule has 0 aliphatic heterocycles. The maximum Gasteiger partial charge on any atom is 0.340 e. The van der Waals surface area contributed by atoms with Crippen molar-refractivity contribution in [2.24, 2.45) is 0 Å². The number of hydrogen-bond donors (Lipinski definition) is 14. The third kappa shape index (κ3) is 8.62. The Morgan fingerprint density at radius 2 is 0.485 bits per heavy atom. The minimum absolute atomic E-state index is 0.0932. The Balaban J connectivity index is 2.18. The average Bonchev–Trinajstić information content (AvgIpc) is 3.27. The van der Waals surface area contributed by atoms with Gasteiger partial charge in [0.1, 0.15) is 0 Å². The van der Waals surface area contributed by atoms with E-state index in [2.05, 4.69) is 21.3 Å². The van der Waals surface area contributed by atoms with Gasteiger partial charge in [-0.3, -0.25) is 0 Å². The van der Waals surface area contributed by atoms with Crippen molar-refractivity contribution in [2.45, 2.75) is 49.9 Å². The molecule has 0 heterocycles. The van der Waals surface area contributed by atoms with Crippen molar-refractivity contribution in [3.05, 3.63) is 97.1 Å². The van der Waals surface area contributed by atoms with E-state index in [-0.39, 0.29) is 67.3 Å². The van der Waals surface area contributed by atoms with Crippen LogP contribution < -0.4 is 32.7 Å². The maximum absolute atomic E-state index is 12.7. The van der Waals surface area contributed by atoms with Crippen LogP contribution in [-0.2, 0) is 38.4 Å². The number of carboxylic acid groups (broad SMARTS) is 8. The Labute approximate surface area is 384 Å². The van der Waals surface area contributed by atoms with Gasteiger partial charge in [-0.2, -0.15) is 0 Å². The van der Waals surface area contributed by atoms with Crippen LogP contribution in [0.1, 0.15) is 27.7 Å². The maximum atomic E-state index is 12.7. The second-order valence-electron chi connectivity index (χ2n) is 16.0. The molecule has 0 saturated carbocycles. The number of carbonyl (C=O) groups is 8. The van der Waals surface area contributed by atoms with Gasteiger partial charge in [0.15, 0.2) is 0 Å². The van der Waals surface area contributed by atoms with Crippen molar-refractivity contribution in [2.75, 3.05) is 32.7 Å². The van der Waals surface area contributed by atoms with Crippen molar-refractivity contribution in [1.29, 1.82) is 0 Å². The number of aliphatic carboxylic acids is 8. The molecule has 16 N–H and O–H groups in total. The smallest absolute Gasteiger partial charge is 0.340 e. The molecule has 0 amide bonds. The second kappa shape index (κ2) is 18.3. The molecule has 0 bridgehead atoms. The first-order chi connectivity index (χ1) is 31.7. The summed E-state index contributed by atoms with van der Waals surface area (Å²) in [6.45, 7) is 3.40. The normalized spacial score (nSPS) is 11.7. The number of carboxylic acids is 8. The number of para-hydroxylation sites is 4. The minimum atomic E-state index is -2.78. The predicted molar refractivity (Wildman–Crippen MR) is 246 cm³/mol. The Bertz CT molecular complexity index is 2700. The first-order valence-electron chi connectivity index (χ1n) is 19.8. The fourth-order valence-electron chi connectivity index (χ4n) is 7.00. The second-order valence-corrected chi connectivity index (χ2v) is 16.0. The van der Waals surface area contributed by atoms with Crippen molar-refractivity contribution in [3.8, 4) is 44.5 Å². The minimum Gasteiger partial charge on any atom is -0.479 e. The summed E-state index contributed by atoms with van der Waals surface area (Å²) < 4.78 is 0. The average molecular weight is 937 g/mol. The molecule has 0 atom stereocenters. The topological polar surface area (TPSA) is 399 Å². The third-order valence-electron chi connectivity index (χ3n) is 11.3. The van der Waals surface area contributed by atoms with Gasteiger partial charge in [-0.05, 0) is 52.0 Å². The molecule has 22 heteroatoms. The van der Waals surface area contributed by atoms with Gasteiger partial charge < -0.3 is 73.6 Å². The first-order valence-corrected chi connectivity index (χ1v) is 19.8. The van der Waals surface area contributed by atoms with E-state index in [0.29, 0.717) is 0 Å². The van der Waals surface area contributed by atoms with Gasteiger partial charge in [-0.15, -0.1) is 0 Å². The molecule has 0 aromatic heterocycles. The van der Waals surface area contributed by atoms with E-state index in [9.17, 15) is 79.2 Å². The van der Waals surface area contributed by atoms with Gasteiger partial charge >= 0.3 is 47.8 Å². The van der Waals surface area contributed by atoms with Gasteiger partial charge in [-0.1, -0.05) is 72.8 Å². The highest BCUT2D eigenvalue weighted by Crippen LogP contribution is 2.57. The Morgan fingerprint density at radius 1 is 0.324 bits per heavy atom. The van der Waals surface area contributed by atoms with E-state index in [1.165, 1.54) is 97.1 Å². The number of rotatable bonds is 20. The zero-order chi connectivity index (χ0) is 50.8. The number of anilines is 6. The highest BCUT2D eigenvalue weighted by Gasteiger charge is 2.46. The summed E-state index contributed by atoms with van der Waals surface area (Å²) in [7, 11) is 0. The first kappa shape index (κ1) is 49.7. The molecule has 68 heavy (non-hydrogen) atoms. The Kier molecular flexibility index (Phi) is 13.3. The van der Waals surface area contributed by atoms with E-state index < -0.39 is 81.3 Å². The molecule has 0 spiro atoms. The lowest BCUT2D eigenvalue weighted by Gasteiger charge is -2.32. The number of nitrogens with one attached hydrogen (secondary N) is 4. The quantitative estimate of drug-likeness (QED) is 0.0365. The molecule has 0 aliphatic rings. The summed E-state index contributed by atoms with van der Waals surface area (Å²) >= 11 is 0. The molecule has 0 fully saturated rings. The number of nitrogen functional groups attached to an aromatic ring is 2. The van der Waals surface area contributed by atoms with E-state index in [1.807, 2.05) is 0 Å². The molecular weight excluding hydrogens is 893 g/mol. The summed E-state index contributed by atoms with van der Waals surface area (Å²) in [6.07, 6.45) is 0. The highest BCUT2D eigenvalue weighted by molar-refractivity contribution is 6.19. The lowest BCUT2D eigenvalue weighted by molar-refractivity contribution is -0.156. The fourth-order valence-corrected chi connectivity index (χ4v) is 7.00. The van der Waals surface area contributed by atoms with Crippen LogP contribution in [0.25, 0.3) is 44.5 Å². The van der Waals surface area contributed by atoms with Crippen LogP contribution >= 0.6 is 0 Å². The van der Waals surface area contributed by atoms with Gasteiger partial charge in [0.05, 0.1) is 11.4 Å². The van der Waals surface area contributed by atoms with Crippen molar-refractivity contribution < 1.29 is 79.2 Å². The molecule has 0 saturated heterocycles. The summed E-state index contributed by atoms with van der Waals surface area (Å²) in [6, 6.07) is 22.0. The van der Waals surface area contributed by atoms with Crippen LogP contribution in [0, 0.1) is 0 Å². The summed E-state index contributed by atoms with van der Waals surface area (Å²) in [5.41, 5.74) is 0.292. The Hall–Kier alpha value is -9.34. The third-order valence-corrected chi connectivity index (χ3v) is 11.3. The van der Waals surface area contributed by atoms with E-state index >= 15 is 0 Å². The van der Waals surface area contributed by atoms with Gasteiger partial charge in [-0.25, -0.2) is 38.4 Å².